The van der Waals surface area contributed by atoms with E-state index in [1.165, 1.54) is 29.1 Å². The van der Waals surface area contributed by atoms with Crippen LogP contribution < -0.4 is 26.5 Å². The number of H-pyrrole nitrogens is 1. The van der Waals surface area contributed by atoms with Crippen LogP contribution in [0.1, 0.15) is 113 Å². The molecule has 61 heavy (non-hydrogen) atoms. The highest BCUT2D eigenvalue weighted by molar-refractivity contribution is 8.13. The number of amidine groups is 1. The Bertz CT molecular complexity index is 1740. The number of hydrogen-bond acceptors (Lipinski definition) is 10. The first-order valence-electron chi connectivity index (χ1n) is 21.6. The number of allylic oxidation sites excluding steroid dienone is 1. The molecular formula is C45H75N6O8PS. The number of primary amides is 1. The average molecular weight is 891 g/mol. The summed E-state index contributed by atoms with van der Waals surface area (Å²) in [5.41, 5.74) is 7.74. The van der Waals surface area contributed by atoms with Gasteiger partial charge in [-0.3, -0.25) is 19.4 Å². The van der Waals surface area contributed by atoms with E-state index in [2.05, 4.69) is 54.5 Å². The highest BCUT2D eigenvalue weighted by Crippen LogP contribution is 2.59. The number of benzene rings is 1. The third-order valence-corrected chi connectivity index (χ3v) is 11.7. The van der Waals surface area contributed by atoms with Gasteiger partial charge in [-0.15, -0.1) is 6.58 Å². The molecule has 3 unspecified atom stereocenters. The van der Waals surface area contributed by atoms with Gasteiger partial charge in [-0.2, -0.15) is 0 Å². The number of aromatic nitrogens is 1. The zero-order valence-corrected chi connectivity index (χ0v) is 40.3. The van der Waals surface area contributed by atoms with Gasteiger partial charge >= 0.3 is 6.09 Å². The van der Waals surface area contributed by atoms with Gasteiger partial charge in [-0.25, -0.2) is 4.79 Å². The molecule has 0 bridgehead atoms. The molecule has 2 saturated carbocycles. The SMILES string of the molecule is C=C(NC(=NC(C)C)SC)c1cc(=O)c2ccc(OC)cc2[nH]1.C=CC1CC1P(OCC)OCC.CC.CC(C)C.NC(=O)C1CCCN1C(=O)CNC(=O)OC1CCCC1. The van der Waals surface area contributed by atoms with Crippen LogP contribution in [0.25, 0.3) is 16.6 Å². The van der Waals surface area contributed by atoms with Crippen molar-refractivity contribution in [2.24, 2.45) is 22.6 Å². The molecule has 344 valence electrons. The minimum absolute atomic E-state index is 0.0322. The zero-order valence-electron chi connectivity index (χ0n) is 38.6. The Morgan fingerprint density at radius 1 is 1.05 bits per heavy atom. The summed E-state index contributed by atoms with van der Waals surface area (Å²) in [6.07, 6.45) is 9.82. The second-order valence-corrected chi connectivity index (χ2v) is 17.7. The Balaban J connectivity index is 0.000000445. The van der Waals surface area contributed by atoms with Crippen molar-refractivity contribution in [3.8, 4) is 5.75 Å². The standard InChI is InChI=1S/C17H21N3O2S.C13H21N3O4.C9H17O2P.C4H10.C2H6/c1-10(2)18-17(23-5)19-11(3)14-9-16(21)13-7-6-12(22-4)8-15(13)20-14;14-12(18)10-6-3-7-16(10)11(17)8-15-13(19)20-9-4-1-2-5-9;1-4-8-7-9(8)12(10-5-2)11-6-3;1-4(2)3;1-2/h6-10H,3H2,1-2,4-5H3,(H,18,19)(H,20,21);9-10H,1-8H2,(H2,14,18)(H,15,19);4,8-9H,1,5-7H2,2-3H3;4H,1-3H3;1-2H3. The van der Waals surface area contributed by atoms with Crippen LogP contribution in [-0.2, 0) is 23.4 Å². The fraction of sp³-hybridized carbons (Fsp3) is 0.622. The van der Waals surface area contributed by atoms with Crippen molar-refractivity contribution in [2.45, 2.75) is 131 Å². The van der Waals surface area contributed by atoms with Crippen molar-refractivity contribution in [3.63, 3.8) is 0 Å². The summed E-state index contributed by atoms with van der Waals surface area (Å²) in [6, 6.07) is 6.49. The fourth-order valence-corrected chi connectivity index (χ4v) is 8.43. The number of amides is 3. The van der Waals surface area contributed by atoms with Crippen LogP contribution in [0.2, 0.25) is 0 Å². The van der Waals surface area contributed by atoms with Crippen LogP contribution in [-0.4, -0.2) is 96.5 Å². The maximum Gasteiger partial charge on any atom is 0.407 e. The molecule has 0 radical (unpaired) electrons. The molecule has 5 N–H and O–H groups in total. The monoisotopic (exact) mass is 891 g/mol. The van der Waals surface area contributed by atoms with Crippen LogP contribution in [0.4, 0.5) is 4.79 Å². The normalized spacial score (nSPS) is 18.0. The summed E-state index contributed by atoms with van der Waals surface area (Å²) in [7, 11) is 0.969. The molecule has 1 saturated heterocycles. The minimum Gasteiger partial charge on any atom is -0.497 e. The van der Waals surface area contributed by atoms with Gasteiger partial charge in [-0.05, 0) is 103 Å². The molecule has 14 nitrogen and oxygen atoms in total. The van der Waals surface area contributed by atoms with Crippen LogP contribution in [0.3, 0.4) is 0 Å². The molecule has 3 aliphatic rings. The van der Waals surface area contributed by atoms with E-state index < -0.39 is 26.4 Å². The molecule has 2 aromatic rings. The third kappa shape index (κ3) is 20.7. The number of aliphatic imine (C=N–C) groups is 1. The first-order valence-corrected chi connectivity index (χ1v) is 24.1. The molecule has 1 aromatic heterocycles. The number of carbonyl (C=O) groups excluding carboxylic acids is 3. The first-order chi connectivity index (χ1) is 29.1. The van der Waals surface area contributed by atoms with Crippen molar-refractivity contribution >= 4 is 59.8 Å². The third-order valence-electron chi connectivity index (χ3n) is 8.94. The smallest absolute Gasteiger partial charge is 0.407 e. The van der Waals surface area contributed by atoms with E-state index >= 15 is 0 Å². The number of nitrogens with two attached hydrogens (primary N) is 1. The largest absolute Gasteiger partial charge is 0.497 e. The number of rotatable bonds is 14. The molecule has 3 amide bonds. The number of fused-ring (bicyclic) bond motifs is 1. The number of methoxy groups -OCH3 is 1. The Labute approximate surface area is 370 Å². The van der Waals surface area contributed by atoms with E-state index in [1.807, 2.05) is 53.9 Å². The van der Waals surface area contributed by atoms with Gasteiger partial charge in [0.1, 0.15) is 24.4 Å². The Morgan fingerprint density at radius 3 is 2.18 bits per heavy atom. The highest BCUT2D eigenvalue weighted by atomic mass is 32.2. The van der Waals surface area contributed by atoms with Crippen molar-refractivity contribution in [3.05, 3.63) is 59.4 Å². The number of nitrogens with one attached hydrogen (secondary N) is 3. The molecular weight excluding hydrogens is 816 g/mol. The lowest BCUT2D eigenvalue weighted by molar-refractivity contribution is -0.136. The lowest BCUT2D eigenvalue weighted by atomic mass is 10.1. The molecule has 16 heteroatoms. The number of alkyl carbamates (subject to hydrolysis) is 1. The summed E-state index contributed by atoms with van der Waals surface area (Å²) in [5, 5.41) is 6.97. The predicted molar refractivity (Wildman–Crippen MR) is 254 cm³/mol. The summed E-state index contributed by atoms with van der Waals surface area (Å²) in [5.74, 6) is 1.38. The number of pyridine rings is 1. The van der Waals surface area contributed by atoms with Gasteiger partial charge in [0.05, 0.1) is 37.2 Å². The van der Waals surface area contributed by atoms with Crippen molar-refractivity contribution < 1.29 is 32.9 Å². The topological polar surface area (TPSA) is 187 Å². The Hall–Kier alpha value is -3.91. The minimum atomic E-state index is -0.625. The van der Waals surface area contributed by atoms with Gasteiger partial charge in [0.25, 0.3) is 0 Å². The van der Waals surface area contributed by atoms with E-state index in [0.717, 1.165) is 56.4 Å². The van der Waals surface area contributed by atoms with Crippen molar-refractivity contribution in [2.75, 3.05) is 39.7 Å². The number of nitrogens with zero attached hydrogens (tertiary/aromatic N) is 2. The summed E-state index contributed by atoms with van der Waals surface area (Å²) in [4.78, 5) is 56.1. The number of carbonyl (C=O) groups is 3. The van der Waals surface area contributed by atoms with Crippen molar-refractivity contribution in [1.82, 2.24) is 20.5 Å². The molecule has 3 atom stereocenters. The van der Waals surface area contributed by atoms with Gasteiger partial charge in [0, 0.05) is 35.8 Å². The van der Waals surface area contributed by atoms with Crippen molar-refractivity contribution in [1.29, 1.82) is 0 Å². The Morgan fingerprint density at radius 2 is 1.67 bits per heavy atom. The molecule has 3 fully saturated rings. The first kappa shape index (κ1) is 55.1. The summed E-state index contributed by atoms with van der Waals surface area (Å²) >= 11 is 1.50. The summed E-state index contributed by atoms with van der Waals surface area (Å²) < 4.78 is 21.5. The Kier molecular flexibility index (Phi) is 27.3. The predicted octanol–water partition coefficient (Wildman–Crippen LogP) is 8.99. The van der Waals surface area contributed by atoms with E-state index in [1.54, 1.807) is 25.3 Å². The number of hydrogen-bond donors (Lipinski definition) is 4. The number of likely N-dealkylation sites (tertiary alicyclic amines) is 1. The second kappa shape index (κ2) is 30.2. The second-order valence-electron chi connectivity index (χ2n) is 15.2. The lowest BCUT2D eigenvalue weighted by Crippen LogP contribution is -2.47. The zero-order chi connectivity index (χ0) is 46.1. The average Bonchev–Trinajstić information content (AvgIpc) is 3.53. The van der Waals surface area contributed by atoms with E-state index in [9.17, 15) is 19.2 Å². The van der Waals surface area contributed by atoms with Gasteiger partial charge in [0.15, 0.2) is 19.0 Å². The molecule has 2 heterocycles. The van der Waals surface area contributed by atoms with Gasteiger partial charge in [0.2, 0.25) is 11.8 Å². The maximum atomic E-state index is 12.3. The van der Waals surface area contributed by atoms with Crippen LogP contribution in [0, 0.1) is 11.8 Å². The fourth-order valence-electron chi connectivity index (χ4n) is 6.08. The van der Waals surface area contributed by atoms with Crippen LogP contribution >= 0.6 is 20.1 Å². The summed E-state index contributed by atoms with van der Waals surface area (Å²) in [6.45, 7) is 28.2. The van der Waals surface area contributed by atoms with E-state index in [4.69, 9.17) is 24.3 Å². The highest BCUT2D eigenvalue weighted by Gasteiger charge is 2.43. The van der Waals surface area contributed by atoms with E-state index in [0.29, 0.717) is 52.6 Å². The molecule has 0 spiro atoms. The molecule has 1 aliphatic heterocycles. The quantitative estimate of drug-likeness (QED) is 0.0617. The van der Waals surface area contributed by atoms with E-state index in [-0.39, 0.29) is 30.0 Å². The molecule has 1 aromatic carbocycles. The van der Waals surface area contributed by atoms with Crippen LogP contribution in [0.5, 0.6) is 5.75 Å². The number of aromatic amines is 1. The number of ether oxygens (including phenoxy) is 2. The van der Waals surface area contributed by atoms with Gasteiger partial charge in [-0.1, -0.05) is 59.0 Å². The van der Waals surface area contributed by atoms with Gasteiger partial charge < -0.3 is 44.8 Å². The lowest BCUT2D eigenvalue weighted by Gasteiger charge is -2.22. The molecule has 5 rings (SSSR count). The van der Waals surface area contributed by atoms with Crippen LogP contribution in [0.15, 0.2) is 53.3 Å². The number of thioether (sulfide) groups is 1. The maximum absolute atomic E-state index is 12.3. The molecule has 2 aliphatic carbocycles.